The molecular weight excluding hydrogens is 268 g/mol. The van der Waals surface area contributed by atoms with Crippen molar-refractivity contribution >= 4 is 11.3 Å². The van der Waals surface area contributed by atoms with Gasteiger partial charge in [0, 0.05) is 10.9 Å². The largest absolute Gasteiger partial charge is 0.330 e. The molecule has 1 aliphatic rings. The van der Waals surface area contributed by atoms with Crippen LogP contribution in [0.1, 0.15) is 60.0 Å². The Labute approximate surface area is 124 Å². The predicted octanol–water partition coefficient (Wildman–Crippen LogP) is 3.24. The Bertz CT molecular complexity index is 582. The summed E-state index contributed by atoms with van der Waals surface area (Å²) >= 11 is 1.81. The standard InChI is InChI=1S/C15H22N4S/c1-4-12-10(3)20-15(18-12)14(17-5-2)13-8-16-9-19(13)11-6-7-11/h8-9,11,14,17H,4-7H2,1-3H3. The molecule has 3 rings (SSSR count). The van der Waals surface area contributed by atoms with Crippen LogP contribution in [-0.4, -0.2) is 21.1 Å². The molecule has 0 saturated heterocycles. The van der Waals surface area contributed by atoms with Crippen molar-refractivity contribution in [3.05, 3.63) is 33.8 Å². The minimum absolute atomic E-state index is 0.173. The van der Waals surface area contributed by atoms with Gasteiger partial charge in [-0.25, -0.2) is 9.97 Å². The molecule has 0 aliphatic heterocycles. The van der Waals surface area contributed by atoms with Crippen molar-refractivity contribution in [3.8, 4) is 0 Å². The molecule has 4 nitrogen and oxygen atoms in total. The van der Waals surface area contributed by atoms with Crippen LogP contribution < -0.4 is 5.32 Å². The Hall–Kier alpha value is -1.20. The van der Waals surface area contributed by atoms with Crippen LogP contribution in [0.2, 0.25) is 0 Å². The zero-order chi connectivity index (χ0) is 14.1. The van der Waals surface area contributed by atoms with E-state index < -0.39 is 0 Å². The first-order valence-electron chi connectivity index (χ1n) is 7.45. The lowest BCUT2D eigenvalue weighted by molar-refractivity contribution is 0.566. The number of nitrogens with zero attached hydrogens (tertiary/aromatic N) is 3. The molecule has 1 fully saturated rings. The number of thiazole rings is 1. The second-order valence-corrected chi connectivity index (χ2v) is 6.59. The highest BCUT2D eigenvalue weighted by Crippen LogP contribution is 2.38. The number of hydrogen-bond acceptors (Lipinski definition) is 4. The van der Waals surface area contributed by atoms with E-state index in [1.807, 2.05) is 23.9 Å². The van der Waals surface area contributed by atoms with Crippen molar-refractivity contribution in [2.75, 3.05) is 6.54 Å². The summed E-state index contributed by atoms with van der Waals surface area (Å²) in [4.78, 5) is 10.5. The van der Waals surface area contributed by atoms with Crippen LogP contribution in [0.25, 0.3) is 0 Å². The number of hydrogen-bond donors (Lipinski definition) is 1. The van der Waals surface area contributed by atoms with Gasteiger partial charge in [0.05, 0.1) is 23.9 Å². The molecular formula is C15H22N4S. The Balaban J connectivity index is 1.96. The maximum atomic E-state index is 4.84. The quantitative estimate of drug-likeness (QED) is 0.888. The molecule has 0 spiro atoms. The molecule has 1 saturated carbocycles. The van der Waals surface area contributed by atoms with Gasteiger partial charge in [-0.1, -0.05) is 13.8 Å². The molecule has 20 heavy (non-hydrogen) atoms. The zero-order valence-corrected chi connectivity index (χ0v) is 13.2. The van der Waals surface area contributed by atoms with Crippen LogP contribution >= 0.6 is 11.3 Å². The molecule has 0 radical (unpaired) electrons. The van der Waals surface area contributed by atoms with Crippen LogP contribution in [0.3, 0.4) is 0 Å². The molecule has 2 heterocycles. The highest BCUT2D eigenvalue weighted by atomic mass is 32.1. The van der Waals surface area contributed by atoms with Crippen LogP contribution in [0.5, 0.6) is 0 Å². The highest BCUT2D eigenvalue weighted by molar-refractivity contribution is 7.11. The molecule has 0 amide bonds. The zero-order valence-electron chi connectivity index (χ0n) is 12.4. The number of nitrogens with one attached hydrogen (secondary N) is 1. The molecule has 0 bridgehead atoms. The van der Waals surface area contributed by atoms with Crippen molar-refractivity contribution in [1.82, 2.24) is 19.9 Å². The van der Waals surface area contributed by atoms with Gasteiger partial charge in [-0.05, 0) is 32.7 Å². The maximum absolute atomic E-state index is 4.84. The Kier molecular flexibility index (Phi) is 3.89. The normalized spacial score (nSPS) is 16.6. The second kappa shape index (κ2) is 5.66. The third kappa shape index (κ3) is 2.52. The van der Waals surface area contributed by atoms with Crippen molar-refractivity contribution in [2.45, 2.75) is 52.1 Å². The lowest BCUT2D eigenvalue weighted by Crippen LogP contribution is -2.24. The summed E-state index contributed by atoms with van der Waals surface area (Å²) < 4.78 is 2.33. The molecule has 1 N–H and O–H groups in total. The van der Waals surface area contributed by atoms with E-state index in [2.05, 4.69) is 35.6 Å². The molecule has 5 heteroatoms. The minimum Gasteiger partial charge on any atom is -0.330 e. The van der Waals surface area contributed by atoms with Crippen molar-refractivity contribution < 1.29 is 0 Å². The summed E-state index contributed by atoms with van der Waals surface area (Å²) in [7, 11) is 0. The second-order valence-electron chi connectivity index (χ2n) is 5.36. The van der Waals surface area contributed by atoms with Gasteiger partial charge >= 0.3 is 0 Å². The Morgan fingerprint density at radius 3 is 2.85 bits per heavy atom. The fourth-order valence-corrected chi connectivity index (χ4v) is 3.72. The third-order valence-corrected chi connectivity index (χ3v) is 4.91. The summed E-state index contributed by atoms with van der Waals surface area (Å²) in [5, 5.41) is 4.75. The van der Waals surface area contributed by atoms with Gasteiger partial charge in [-0.3, -0.25) is 0 Å². The molecule has 0 aromatic carbocycles. The first-order valence-corrected chi connectivity index (χ1v) is 8.27. The van der Waals surface area contributed by atoms with E-state index in [0.717, 1.165) is 13.0 Å². The number of aryl methyl sites for hydroxylation is 2. The molecule has 2 aromatic rings. The summed E-state index contributed by atoms with van der Waals surface area (Å²) in [5.74, 6) is 0. The fraction of sp³-hybridized carbons (Fsp3) is 0.600. The third-order valence-electron chi connectivity index (χ3n) is 3.83. The van der Waals surface area contributed by atoms with E-state index in [9.17, 15) is 0 Å². The maximum Gasteiger partial charge on any atom is 0.116 e. The summed E-state index contributed by atoms with van der Waals surface area (Å²) in [6, 6.07) is 0.826. The van der Waals surface area contributed by atoms with E-state index in [4.69, 9.17) is 4.98 Å². The number of rotatable bonds is 6. The molecule has 1 unspecified atom stereocenters. The summed E-state index contributed by atoms with van der Waals surface area (Å²) in [5.41, 5.74) is 2.48. The average molecular weight is 290 g/mol. The van der Waals surface area contributed by atoms with Crippen LogP contribution in [-0.2, 0) is 6.42 Å². The van der Waals surface area contributed by atoms with Gasteiger partial charge in [0.1, 0.15) is 11.0 Å². The van der Waals surface area contributed by atoms with Crippen LogP contribution in [0.4, 0.5) is 0 Å². The van der Waals surface area contributed by atoms with Crippen LogP contribution in [0.15, 0.2) is 12.5 Å². The smallest absolute Gasteiger partial charge is 0.116 e. The van der Waals surface area contributed by atoms with Gasteiger partial charge in [-0.15, -0.1) is 11.3 Å². The monoisotopic (exact) mass is 290 g/mol. The first-order chi connectivity index (χ1) is 9.74. The predicted molar refractivity (Wildman–Crippen MR) is 82.2 cm³/mol. The van der Waals surface area contributed by atoms with Crippen molar-refractivity contribution in [1.29, 1.82) is 0 Å². The van der Waals surface area contributed by atoms with E-state index in [-0.39, 0.29) is 6.04 Å². The Morgan fingerprint density at radius 1 is 1.45 bits per heavy atom. The van der Waals surface area contributed by atoms with E-state index in [1.54, 1.807) is 0 Å². The molecule has 2 aromatic heterocycles. The molecule has 1 aliphatic carbocycles. The van der Waals surface area contributed by atoms with E-state index >= 15 is 0 Å². The van der Waals surface area contributed by atoms with Gasteiger partial charge in [0.15, 0.2) is 0 Å². The van der Waals surface area contributed by atoms with Crippen molar-refractivity contribution in [2.24, 2.45) is 0 Å². The van der Waals surface area contributed by atoms with Gasteiger partial charge < -0.3 is 9.88 Å². The van der Waals surface area contributed by atoms with Crippen molar-refractivity contribution in [3.63, 3.8) is 0 Å². The molecule has 108 valence electrons. The fourth-order valence-electron chi connectivity index (χ4n) is 2.62. The van der Waals surface area contributed by atoms with Crippen LogP contribution in [0, 0.1) is 6.92 Å². The summed E-state index contributed by atoms with van der Waals surface area (Å²) in [6.45, 7) is 7.41. The minimum atomic E-state index is 0.173. The summed E-state index contributed by atoms with van der Waals surface area (Å²) in [6.07, 6.45) is 7.52. The van der Waals surface area contributed by atoms with Gasteiger partial charge in [-0.2, -0.15) is 0 Å². The lowest BCUT2D eigenvalue weighted by atomic mass is 10.2. The van der Waals surface area contributed by atoms with E-state index in [1.165, 1.54) is 34.1 Å². The average Bonchev–Trinajstić information content (AvgIpc) is 3.06. The van der Waals surface area contributed by atoms with E-state index in [0.29, 0.717) is 6.04 Å². The highest BCUT2D eigenvalue weighted by Gasteiger charge is 2.29. The van der Waals surface area contributed by atoms with Gasteiger partial charge in [0.25, 0.3) is 0 Å². The first kappa shape index (κ1) is 13.8. The van der Waals surface area contributed by atoms with Gasteiger partial charge in [0.2, 0.25) is 0 Å². The SMILES string of the molecule is CCNC(c1nc(CC)c(C)s1)c1cncn1C1CC1. The lowest BCUT2D eigenvalue weighted by Gasteiger charge is -2.17. The number of imidazole rings is 1. The molecule has 1 atom stereocenters. The Morgan fingerprint density at radius 2 is 2.25 bits per heavy atom. The number of aromatic nitrogens is 3. The topological polar surface area (TPSA) is 42.7 Å².